The molecule has 0 aliphatic rings. The quantitative estimate of drug-likeness (QED) is 0.786. The number of benzene rings is 1. The number of hydrogen-bond donors (Lipinski definition) is 2. The van der Waals surface area contributed by atoms with Crippen LogP contribution in [0.25, 0.3) is 0 Å². The van der Waals surface area contributed by atoms with Crippen LogP contribution in [0.1, 0.15) is 19.1 Å². The second-order valence-corrected chi connectivity index (χ2v) is 6.39. The van der Waals surface area contributed by atoms with Gasteiger partial charge in [0.2, 0.25) is 10.0 Å². The summed E-state index contributed by atoms with van der Waals surface area (Å²) in [5.41, 5.74) is 0.629. The van der Waals surface area contributed by atoms with Crippen LogP contribution in [-0.2, 0) is 16.4 Å². The van der Waals surface area contributed by atoms with Gasteiger partial charge >= 0.3 is 0 Å². The van der Waals surface area contributed by atoms with Gasteiger partial charge in [0.1, 0.15) is 10.7 Å². The highest BCUT2D eigenvalue weighted by atomic mass is 32.2. The van der Waals surface area contributed by atoms with Crippen LogP contribution in [0.3, 0.4) is 0 Å². The Morgan fingerprint density at radius 2 is 1.90 bits per heavy atom. The van der Waals surface area contributed by atoms with Crippen molar-refractivity contribution in [2.24, 2.45) is 0 Å². The highest BCUT2D eigenvalue weighted by molar-refractivity contribution is 7.89. The van der Waals surface area contributed by atoms with Crippen LogP contribution >= 0.6 is 0 Å². The van der Waals surface area contributed by atoms with Crippen LogP contribution in [0.4, 0.5) is 5.69 Å². The van der Waals surface area contributed by atoms with Gasteiger partial charge in [-0.3, -0.25) is 0 Å². The molecule has 0 atom stereocenters. The molecule has 0 saturated heterocycles. The van der Waals surface area contributed by atoms with Crippen molar-refractivity contribution in [1.29, 1.82) is 0 Å². The third kappa shape index (κ3) is 4.34. The third-order valence-corrected chi connectivity index (χ3v) is 4.50. The molecule has 0 bridgehead atoms. The zero-order valence-electron chi connectivity index (χ0n) is 12.0. The fraction of sp³-hybridized carbons (Fsp3) is 0.333. The summed E-state index contributed by atoms with van der Waals surface area (Å²) in [4.78, 5) is 0.276. The van der Waals surface area contributed by atoms with E-state index in [1.165, 1.54) is 0 Å². The van der Waals surface area contributed by atoms with Gasteiger partial charge in [0.15, 0.2) is 0 Å². The van der Waals surface area contributed by atoms with Gasteiger partial charge in [-0.15, -0.1) is 0 Å². The summed E-state index contributed by atoms with van der Waals surface area (Å²) in [6.07, 6.45) is 3.03. The molecule has 0 radical (unpaired) electrons. The summed E-state index contributed by atoms with van der Waals surface area (Å²) in [6, 6.07) is 10.5. The van der Waals surface area contributed by atoms with E-state index < -0.39 is 10.0 Å². The Morgan fingerprint density at radius 1 is 1.10 bits per heavy atom. The topological polar surface area (TPSA) is 71.3 Å². The molecule has 1 aromatic heterocycles. The van der Waals surface area contributed by atoms with E-state index in [4.69, 9.17) is 4.42 Å². The molecule has 1 aromatic carbocycles. The van der Waals surface area contributed by atoms with E-state index in [0.29, 0.717) is 18.7 Å². The molecule has 2 aromatic rings. The third-order valence-electron chi connectivity index (χ3n) is 2.99. The van der Waals surface area contributed by atoms with Crippen molar-refractivity contribution in [2.75, 3.05) is 18.4 Å². The van der Waals surface area contributed by atoms with E-state index in [1.54, 1.807) is 30.5 Å². The van der Waals surface area contributed by atoms with Gasteiger partial charge in [-0.1, -0.05) is 19.1 Å². The minimum atomic E-state index is -3.53. The molecule has 0 aliphatic heterocycles. The van der Waals surface area contributed by atoms with Crippen LogP contribution in [-0.4, -0.2) is 21.5 Å². The first kappa shape index (κ1) is 15.6. The van der Waals surface area contributed by atoms with Gasteiger partial charge in [0.25, 0.3) is 0 Å². The lowest BCUT2D eigenvalue weighted by molar-refractivity contribution is 0.506. The molecular weight excluding hydrogens is 288 g/mol. The van der Waals surface area contributed by atoms with E-state index in [0.717, 1.165) is 18.7 Å². The smallest absolute Gasteiger partial charge is 0.242 e. The highest BCUT2D eigenvalue weighted by Crippen LogP contribution is 2.20. The van der Waals surface area contributed by atoms with Crippen molar-refractivity contribution >= 4 is 15.7 Å². The summed E-state index contributed by atoms with van der Waals surface area (Å²) >= 11 is 0. The predicted molar refractivity (Wildman–Crippen MR) is 82.8 cm³/mol. The zero-order valence-corrected chi connectivity index (χ0v) is 12.8. The number of furan rings is 1. The Hall–Kier alpha value is -1.79. The van der Waals surface area contributed by atoms with Crippen molar-refractivity contribution in [3.8, 4) is 0 Å². The first-order valence-electron chi connectivity index (χ1n) is 6.98. The molecule has 2 rings (SSSR count). The van der Waals surface area contributed by atoms with Gasteiger partial charge in [-0.2, -0.15) is 0 Å². The Bertz CT molecular complexity index is 651. The largest absolute Gasteiger partial charge is 0.469 e. The van der Waals surface area contributed by atoms with Gasteiger partial charge in [-0.05, 0) is 30.7 Å². The minimum absolute atomic E-state index is 0.276. The fourth-order valence-corrected chi connectivity index (χ4v) is 3.16. The Kier molecular flexibility index (Phi) is 5.41. The maximum atomic E-state index is 12.4. The minimum Gasteiger partial charge on any atom is -0.469 e. The van der Waals surface area contributed by atoms with E-state index in [1.807, 2.05) is 19.1 Å². The van der Waals surface area contributed by atoms with Crippen molar-refractivity contribution < 1.29 is 12.8 Å². The number of para-hydroxylation sites is 1. The lowest BCUT2D eigenvalue weighted by Gasteiger charge is -2.12. The molecular formula is C15H20N2O3S. The summed E-state index contributed by atoms with van der Waals surface area (Å²) in [5.74, 6) is 0.759. The van der Waals surface area contributed by atoms with Crippen molar-refractivity contribution in [1.82, 2.24) is 4.72 Å². The van der Waals surface area contributed by atoms with E-state index in [2.05, 4.69) is 10.0 Å². The molecule has 21 heavy (non-hydrogen) atoms. The average molecular weight is 308 g/mol. The molecule has 6 heteroatoms. The van der Waals surface area contributed by atoms with Crippen LogP contribution in [0.15, 0.2) is 52.0 Å². The monoisotopic (exact) mass is 308 g/mol. The number of nitrogens with one attached hydrogen (secondary N) is 2. The SMILES string of the molecule is CCCNc1ccccc1S(=O)(=O)NCCc1ccco1. The van der Waals surface area contributed by atoms with Crippen molar-refractivity contribution in [3.63, 3.8) is 0 Å². The number of rotatable bonds is 8. The van der Waals surface area contributed by atoms with Crippen LogP contribution in [0, 0.1) is 0 Å². The second-order valence-electron chi connectivity index (χ2n) is 4.65. The Balaban J connectivity index is 2.04. The van der Waals surface area contributed by atoms with Crippen LogP contribution < -0.4 is 10.0 Å². The Morgan fingerprint density at radius 3 is 2.62 bits per heavy atom. The fourth-order valence-electron chi connectivity index (χ4n) is 1.95. The molecule has 0 unspecified atom stereocenters. The molecule has 0 saturated carbocycles. The normalized spacial score (nSPS) is 11.5. The van der Waals surface area contributed by atoms with Gasteiger partial charge in [0.05, 0.1) is 12.0 Å². The molecule has 0 spiro atoms. The van der Waals surface area contributed by atoms with E-state index in [-0.39, 0.29) is 4.90 Å². The average Bonchev–Trinajstić information content (AvgIpc) is 2.98. The molecule has 0 fully saturated rings. The van der Waals surface area contributed by atoms with Crippen LogP contribution in [0.5, 0.6) is 0 Å². The summed E-state index contributed by atoms with van der Waals surface area (Å²) in [5, 5.41) is 3.14. The molecule has 5 nitrogen and oxygen atoms in total. The summed E-state index contributed by atoms with van der Waals surface area (Å²) < 4.78 is 32.5. The van der Waals surface area contributed by atoms with E-state index >= 15 is 0 Å². The predicted octanol–water partition coefficient (Wildman–Crippen LogP) is 2.62. The second kappa shape index (κ2) is 7.28. The van der Waals surface area contributed by atoms with E-state index in [9.17, 15) is 8.42 Å². The van der Waals surface area contributed by atoms with Gasteiger partial charge in [0, 0.05) is 19.5 Å². The summed E-state index contributed by atoms with van der Waals surface area (Å²) in [6.45, 7) is 3.07. The van der Waals surface area contributed by atoms with Crippen molar-refractivity contribution in [3.05, 3.63) is 48.4 Å². The lowest BCUT2D eigenvalue weighted by Crippen LogP contribution is -2.26. The highest BCUT2D eigenvalue weighted by Gasteiger charge is 2.17. The maximum Gasteiger partial charge on any atom is 0.242 e. The maximum absolute atomic E-state index is 12.4. The molecule has 2 N–H and O–H groups in total. The molecule has 0 amide bonds. The standard InChI is InChI=1S/C15H20N2O3S/c1-2-10-16-14-7-3-4-8-15(14)21(18,19)17-11-9-13-6-5-12-20-13/h3-8,12,16-17H,2,9-11H2,1H3. The zero-order chi connectivity index (χ0) is 15.1. The number of anilines is 1. The lowest BCUT2D eigenvalue weighted by atomic mass is 10.3. The molecule has 0 aliphatic carbocycles. The first-order valence-corrected chi connectivity index (χ1v) is 8.47. The summed E-state index contributed by atoms with van der Waals surface area (Å²) in [7, 11) is -3.53. The Labute approximate surface area is 125 Å². The molecule has 1 heterocycles. The molecule has 114 valence electrons. The van der Waals surface area contributed by atoms with Crippen molar-refractivity contribution in [2.45, 2.75) is 24.7 Å². The first-order chi connectivity index (χ1) is 10.1. The van der Waals surface area contributed by atoms with Gasteiger partial charge in [-0.25, -0.2) is 13.1 Å². The van der Waals surface area contributed by atoms with Crippen LogP contribution in [0.2, 0.25) is 0 Å². The number of sulfonamides is 1. The number of hydrogen-bond acceptors (Lipinski definition) is 4. The van der Waals surface area contributed by atoms with Gasteiger partial charge < -0.3 is 9.73 Å².